The normalized spacial score (nSPS) is 10.8. The molecule has 0 saturated heterocycles. The number of aromatic nitrogens is 3. The van der Waals surface area contributed by atoms with Crippen molar-refractivity contribution in [3.05, 3.63) is 58.5 Å². The van der Waals surface area contributed by atoms with Gasteiger partial charge in [-0.2, -0.15) is 5.10 Å². The molecular weight excluding hydrogens is 288 g/mol. The van der Waals surface area contributed by atoms with Crippen LogP contribution in [0.1, 0.15) is 21.6 Å². The molecular formula is C15H13ClN4O. The number of hydrogen-bond acceptors (Lipinski definition) is 3. The highest BCUT2D eigenvalue weighted by Gasteiger charge is 2.14. The number of nitrogens with zero attached hydrogens (tertiary/aromatic N) is 3. The molecule has 106 valence electrons. The lowest BCUT2D eigenvalue weighted by molar-refractivity contribution is 0.101. The van der Waals surface area contributed by atoms with Crippen molar-refractivity contribution in [2.24, 2.45) is 0 Å². The molecule has 0 unspecified atom stereocenters. The topological polar surface area (TPSA) is 59.3 Å². The molecule has 6 heteroatoms. The van der Waals surface area contributed by atoms with Crippen molar-refractivity contribution < 1.29 is 4.79 Å². The molecule has 2 heterocycles. The largest absolute Gasteiger partial charge is 0.319 e. The van der Waals surface area contributed by atoms with Crippen LogP contribution in [0.4, 0.5) is 5.69 Å². The summed E-state index contributed by atoms with van der Waals surface area (Å²) in [5, 5.41) is 7.47. The third kappa shape index (κ3) is 2.48. The van der Waals surface area contributed by atoms with Crippen LogP contribution >= 0.6 is 11.6 Å². The fourth-order valence-corrected chi connectivity index (χ4v) is 2.63. The van der Waals surface area contributed by atoms with E-state index in [1.165, 1.54) is 4.52 Å². The number of carbonyl (C=O) groups is 1. The first-order chi connectivity index (χ1) is 10.1. The summed E-state index contributed by atoms with van der Waals surface area (Å²) in [7, 11) is 0. The van der Waals surface area contributed by atoms with Crippen LogP contribution in [-0.4, -0.2) is 20.5 Å². The third-order valence-electron chi connectivity index (χ3n) is 3.19. The maximum absolute atomic E-state index is 12.5. The monoisotopic (exact) mass is 300 g/mol. The van der Waals surface area contributed by atoms with Gasteiger partial charge in [0, 0.05) is 12.3 Å². The van der Waals surface area contributed by atoms with E-state index in [0.717, 1.165) is 11.1 Å². The lowest BCUT2D eigenvalue weighted by Crippen LogP contribution is -2.17. The van der Waals surface area contributed by atoms with Gasteiger partial charge in [-0.3, -0.25) is 4.79 Å². The lowest BCUT2D eigenvalue weighted by atomic mass is 10.1. The molecule has 2 aromatic heterocycles. The Morgan fingerprint density at radius 2 is 2.05 bits per heavy atom. The second kappa shape index (κ2) is 5.18. The van der Waals surface area contributed by atoms with Crippen LogP contribution in [0.2, 0.25) is 5.02 Å². The number of amides is 1. The first kappa shape index (κ1) is 13.6. The second-order valence-corrected chi connectivity index (χ2v) is 5.23. The van der Waals surface area contributed by atoms with Crippen LogP contribution in [0.3, 0.4) is 0 Å². The highest BCUT2D eigenvalue weighted by molar-refractivity contribution is 6.34. The van der Waals surface area contributed by atoms with Gasteiger partial charge in [0.15, 0.2) is 5.65 Å². The quantitative estimate of drug-likeness (QED) is 0.790. The van der Waals surface area contributed by atoms with Crippen LogP contribution in [0.25, 0.3) is 5.65 Å². The molecule has 1 N–H and O–H groups in total. The summed E-state index contributed by atoms with van der Waals surface area (Å²) >= 11 is 6.21. The molecule has 0 bridgehead atoms. The van der Waals surface area contributed by atoms with E-state index in [1.807, 2.05) is 26.0 Å². The number of halogens is 1. The van der Waals surface area contributed by atoms with E-state index in [9.17, 15) is 4.79 Å². The Labute approximate surface area is 126 Å². The van der Waals surface area contributed by atoms with E-state index in [-0.39, 0.29) is 5.91 Å². The summed E-state index contributed by atoms with van der Waals surface area (Å²) in [6, 6.07) is 7.14. The highest BCUT2D eigenvalue weighted by Crippen LogP contribution is 2.27. The van der Waals surface area contributed by atoms with E-state index in [4.69, 9.17) is 11.6 Å². The minimum atomic E-state index is -0.278. The predicted molar refractivity (Wildman–Crippen MR) is 81.9 cm³/mol. The minimum absolute atomic E-state index is 0.278. The molecule has 0 fully saturated rings. The average Bonchev–Trinajstić information content (AvgIpc) is 2.90. The molecule has 5 nitrogen and oxygen atoms in total. The van der Waals surface area contributed by atoms with Gasteiger partial charge in [0.05, 0.1) is 16.9 Å². The average molecular weight is 301 g/mol. The molecule has 0 aliphatic carbocycles. The fraction of sp³-hybridized carbons (Fsp3) is 0.133. The molecule has 0 radical (unpaired) electrons. The summed E-state index contributed by atoms with van der Waals surface area (Å²) in [6.45, 7) is 3.87. The Bertz CT molecular complexity index is 818. The number of aryl methyl sites for hydroxylation is 2. The summed E-state index contributed by atoms with van der Waals surface area (Å²) in [5.41, 5.74) is 3.60. The van der Waals surface area contributed by atoms with Crippen LogP contribution in [0.15, 0.2) is 36.7 Å². The molecule has 0 aliphatic rings. The Hall–Kier alpha value is -2.40. The number of rotatable bonds is 2. The number of benzene rings is 1. The van der Waals surface area contributed by atoms with Gasteiger partial charge in [0.1, 0.15) is 5.69 Å². The van der Waals surface area contributed by atoms with Crippen molar-refractivity contribution in [1.82, 2.24) is 14.6 Å². The van der Waals surface area contributed by atoms with Crippen molar-refractivity contribution in [3.63, 3.8) is 0 Å². The SMILES string of the molecule is Cc1cc(C)c(NC(=O)c2ccnc3ccnn23)c(Cl)c1. The Morgan fingerprint density at radius 3 is 2.81 bits per heavy atom. The van der Waals surface area contributed by atoms with Crippen LogP contribution in [-0.2, 0) is 0 Å². The van der Waals surface area contributed by atoms with Crippen LogP contribution in [0.5, 0.6) is 0 Å². The Balaban J connectivity index is 1.99. The lowest BCUT2D eigenvalue weighted by Gasteiger charge is -2.12. The molecule has 21 heavy (non-hydrogen) atoms. The molecule has 0 aliphatic heterocycles. The standard InChI is InChI=1S/C15H13ClN4O/c1-9-7-10(2)14(11(16)8-9)19-15(21)12-3-5-17-13-4-6-18-20(12)13/h3-8H,1-2H3,(H,19,21). The molecule has 1 amide bonds. The highest BCUT2D eigenvalue weighted by atomic mass is 35.5. The van der Waals surface area contributed by atoms with E-state index >= 15 is 0 Å². The predicted octanol–water partition coefficient (Wildman–Crippen LogP) is 3.25. The van der Waals surface area contributed by atoms with Crippen molar-refractivity contribution in [2.75, 3.05) is 5.32 Å². The zero-order chi connectivity index (χ0) is 15.0. The molecule has 0 spiro atoms. The van der Waals surface area contributed by atoms with Crippen molar-refractivity contribution in [2.45, 2.75) is 13.8 Å². The molecule has 3 rings (SSSR count). The molecule has 3 aromatic rings. The number of nitrogens with one attached hydrogen (secondary N) is 1. The maximum atomic E-state index is 12.5. The van der Waals surface area contributed by atoms with Gasteiger partial charge in [-0.25, -0.2) is 9.50 Å². The van der Waals surface area contributed by atoms with Gasteiger partial charge in [0.25, 0.3) is 5.91 Å². The van der Waals surface area contributed by atoms with E-state index in [1.54, 1.807) is 24.5 Å². The van der Waals surface area contributed by atoms with Crippen molar-refractivity contribution in [3.8, 4) is 0 Å². The smallest absolute Gasteiger partial charge is 0.274 e. The van der Waals surface area contributed by atoms with Gasteiger partial charge in [-0.05, 0) is 37.1 Å². The van der Waals surface area contributed by atoms with Gasteiger partial charge >= 0.3 is 0 Å². The molecule has 0 atom stereocenters. The van der Waals surface area contributed by atoms with Gasteiger partial charge in [-0.1, -0.05) is 17.7 Å². The molecule has 1 aromatic carbocycles. The van der Waals surface area contributed by atoms with Crippen LogP contribution < -0.4 is 5.32 Å². The number of anilines is 1. The minimum Gasteiger partial charge on any atom is -0.319 e. The third-order valence-corrected chi connectivity index (χ3v) is 3.49. The Kier molecular flexibility index (Phi) is 3.35. The maximum Gasteiger partial charge on any atom is 0.274 e. The zero-order valence-electron chi connectivity index (χ0n) is 11.6. The van der Waals surface area contributed by atoms with Gasteiger partial charge in [-0.15, -0.1) is 0 Å². The van der Waals surface area contributed by atoms with Crippen LogP contribution in [0, 0.1) is 13.8 Å². The van der Waals surface area contributed by atoms with Gasteiger partial charge < -0.3 is 5.32 Å². The zero-order valence-corrected chi connectivity index (χ0v) is 12.3. The second-order valence-electron chi connectivity index (χ2n) is 4.82. The first-order valence-electron chi connectivity index (χ1n) is 6.43. The number of fused-ring (bicyclic) bond motifs is 1. The molecule has 0 saturated carbocycles. The van der Waals surface area contributed by atoms with Crippen molar-refractivity contribution in [1.29, 1.82) is 0 Å². The summed E-state index contributed by atoms with van der Waals surface area (Å²) < 4.78 is 1.49. The number of hydrogen-bond donors (Lipinski definition) is 1. The number of carbonyl (C=O) groups excluding carboxylic acids is 1. The first-order valence-corrected chi connectivity index (χ1v) is 6.81. The summed E-state index contributed by atoms with van der Waals surface area (Å²) in [4.78, 5) is 16.6. The summed E-state index contributed by atoms with van der Waals surface area (Å²) in [6.07, 6.45) is 3.18. The van der Waals surface area contributed by atoms with E-state index < -0.39 is 0 Å². The Morgan fingerprint density at radius 1 is 1.24 bits per heavy atom. The van der Waals surface area contributed by atoms with E-state index in [0.29, 0.717) is 22.1 Å². The van der Waals surface area contributed by atoms with Crippen molar-refractivity contribution >= 4 is 28.8 Å². The van der Waals surface area contributed by atoms with Gasteiger partial charge in [0.2, 0.25) is 0 Å². The fourth-order valence-electron chi connectivity index (χ4n) is 2.26. The van der Waals surface area contributed by atoms with E-state index in [2.05, 4.69) is 15.4 Å². The summed E-state index contributed by atoms with van der Waals surface area (Å²) in [5.74, 6) is -0.278.